The summed E-state index contributed by atoms with van der Waals surface area (Å²) in [5.74, 6) is 0. The molecular formula is C13H20ClNO. The van der Waals surface area contributed by atoms with Crippen molar-refractivity contribution in [2.75, 3.05) is 6.61 Å². The van der Waals surface area contributed by atoms with E-state index in [2.05, 4.69) is 26.1 Å². The van der Waals surface area contributed by atoms with Crippen LogP contribution in [0.25, 0.3) is 0 Å². The van der Waals surface area contributed by atoms with Crippen molar-refractivity contribution in [1.29, 1.82) is 0 Å². The molecular weight excluding hydrogens is 222 g/mol. The van der Waals surface area contributed by atoms with Crippen LogP contribution >= 0.6 is 11.6 Å². The lowest BCUT2D eigenvalue weighted by atomic mass is 9.87. The number of halogens is 1. The van der Waals surface area contributed by atoms with Gasteiger partial charge in [-0.05, 0) is 38.0 Å². The molecule has 1 unspecified atom stereocenters. The second kappa shape index (κ2) is 5.67. The third-order valence-corrected chi connectivity index (χ3v) is 3.05. The summed E-state index contributed by atoms with van der Waals surface area (Å²) >= 11 is 5.99. The molecule has 0 saturated carbocycles. The number of aliphatic hydroxyl groups excluding tert-OH is 1. The zero-order valence-electron chi connectivity index (χ0n) is 10.1. The van der Waals surface area contributed by atoms with Crippen molar-refractivity contribution in [3.63, 3.8) is 0 Å². The summed E-state index contributed by atoms with van der Waals surface area (Å²) in [6.45, 7) is 6.28. The summed E-state index contributed by atoms with van der Waals surface area (Å²) in [7, 11) is 0. The maximum absolute atomic E-state index is 9.66. The lowest BCUT2D eigenvalue weighted by Crippen LogP contribution is -2.48. The van der Waals surface area contributed by atoms with Crippen molar-refractivity contribution in [3.8, 4) is 0 Å². The number of benzene rings is 1. The average molecular weight is 242 g/mol. The van der Waals surface area contributed by atoms with Crippen LogP contribution in [0.15, 0.2) is 24.3 Å². The van der Waals surface area contributed by atoms with E-state index in [0.29, 0.717) is 11.1 Å². The van der Waals surface area contributed by atoms with Crippen molar-refractivity contribution >= 4 is 11.6 Å². The number of rotatable bonds is 5. The molecule has 0 heterocycles. The Morgan fingerprint density at radius 1 is 1.44 bits per heavy atom. The normalized spacial score (nSPS) is 15.1. The third-order valence-electron chi connectivity index (χ3n) is 2.82. The van der Waals surface area contributed by atoms with Crippen LogP contribution in [0, 0.1) is 0 Å². The summed E-state index contributed by atoms with van der Waals surface area (Å²) < 4.78 is 0. The van der Waals surface area contributed by atoms with Gasteiger partial charge in [-0.25, -0.2) is 0 Å². The molecule has 0 aliphatic rings. The third kappa shape index (κ3) is 2.97. The molecule has 2 nitrogen and oxygen atoms in total. The van der Waals surface area contributed by atoms with Gasteiger partial charge < -0.3 is 10.4 Å². The SMILES string of the molecule is CCC(CO)(NC(C)C)c1cccc(Cl)c1. The Morgan fingerprint density at radius 3 is 2.56 bits per heavy atom. The predicted molar refractivity (Wildman–Crippen MR) is 68.8 cm³/mol. The summed E-state index contributed by atoms with van der Waals surface area (Å²) in [6.07, 6.45) is 0.821. The van der Waals surface area contributed by atoms with Gasteiger partial charge in [0.1, 0.15) is 0 Å². The Hall–Kier alpha value is -0.570. The van der Waals surface area contributed by atoms with Crippen LogP contribution in [-0.2, 0) is 5.54 Å². The van der Waals surface area contributed by atoms with E-state index in [1.165, 1.54) is 0 Å². The van der Waals surface area contributed by atoms with Gasteiger partial charge in [0.15, 0.2) is 0 Å². The molecule has 1 atom stereocenters. The standard InChI is InChI=1S/C13H20ClNO/c1-4-13(9-16,15-10(2)3)11-6-5-7-12(14)8-11/h5-8,10,15-16H,4,9H2,1-3H3. The van der Waals surface area contributed by atoms with E-state index in [4.69, 9.17) is 11.6 Å². The van der Waals surface area contributed by atoms with Crippen molar-refractivity contribution in [1.82, 2.24) is 5.32 Å². The number of aliphatic hydroxyl groups is 1. The molecule has 0 amide bonds. The highest BCUT2D eigenvalue weighted by Crippen LogP contribution is 2.27. The second-order valence-corrected chi connectivity index (χ2v) is 4.84. The first kappa shape index (κ1) is 13.5. The van der Waals surface area contributed by atoms with Crippen LogP contribution in [0.4, 0.5) is 0 Å². The van der Waals surface area contributed by atoms with E-state index in [0.717, 1.165) is 12.0 Å². The molecule has 0 aromatic heterocycles. The molecule has 90 valence electrons. The number of hydrogen-bond donors (Lipinski definition) is 2. The van der Waals surface area contributed by atoms with Gasteiger partial charge in [0.05, 0.1) is 12.1 Å². The molecule has 1 aromatic rings. The first-order chi connectivity index (χ1) is 7.54. The van der Waals surface area contributed by atoms with Crippen molar-refractivity contribution in [3.05, 3.63) is 34.9 Å². The fourth-order valence-electron chi connectivity index (χ4n) is 1.98. The Morgan fingerprint density at radius 2 is 2.12 bits per heavy atom. The van der Waals surface area contributed by atoms with Crippen LogP contribution < -0.4 is 5.32 Å². The van der Waals surface area contributed by atoms with E-state index in [9.17, 15) is 5.11 Å². The highest BCUT2D eigenvalue weighted by atomic mass is 35.5. The largest absolute Gasteiger partial charge is 0.394 e. The van der Waals surface area contributed by atoms with Gasteiger partial charge >= 0.3 is 0 Å². The van der Waals surface area contributed by atoms with Gasteiger partial charge in [-0.3, -0.25) is 0 Å². The quantitative estimate of drug-likeness (QED) is 0.831. The smallest absolute Gasteiger partial charge is 0.0668 e. The molecule has 0 saturated heterocycles. The molecule has 0 aliphatic heterocycles. The highest BCUT2D eigenvalue weighted by Gasteiger charge is 2.29. The summed E-state index contributed by atoms with van der Waals surface area (Å²) in [5, 5.41) is 13.8. The predicted octanol–water partition coefficient (Wildman–Crippen LogP) is 2.94. The monoisotopic (exact) mass is 241 g/mol. The van der Waals surface area contributed by atoms with Gasteiger partial charge in [0.2, 0.25) is 0 Å². The van der Waals surface area contributed by atoms with Gasteiger partial charge in [-0.2, -0.15) is 0 Å². The second-order valence-electron chi connectivity index (χ2n) is 4.40. The molecule has 3 heteroatoms. The molecule has 1 rings (SSSR count). The minimum absolute atomic E-state index is 0.0715. The zero-order valence-corrected chi connectivity index (χ0v) is 10.9. The van der Waals surface area contributed by atoms with E-state index in [-0.39, 0.29) is 12.1 Å². The topological polar surface area (TPSA) is 32.3 Å². The lowest BCUT2D eigenvalue weighted by molar-refractivity contribution is 0.146. The van der Waals surface area contributed by atoms with Gasteiger partial charge in [0, 0.05) is 11.1 Å². The van der Waals surface area contributed by atoms with E-state index < -0.39 is 0 Å². The average Bonchev–Trinajstić information content (AvgIpc) is 2.25. The Balaban J connectivity index is 3.09. The Labute approximate surface area is 103 Å². The Kier molecular flexibility index (Phi) is 4.78. The molecule has 0 fully saturated rings. The fourth-order valence-corrected chi connectivity index (χ4v) is 2.17. The summed E-state index contributed by atoms with van der Waals surface area (Å²) in [4.78, 5) is 0. The van der Waals surface area contributed by atoms with Crippen molar-refractivity contribution in [2.45, 2.75) is 38.8 Å². The maximum Gasteiger partial charge on any atom is 0.0668 e. The van der Waals surface area contributed by atoms with Gasteiger partial charge in [-0.1, -0.05) is 30.7 Å². The Bertz CT molecular complexity index is 334. The first-order valence-corrected chi connectivity index (χ1v) is 6.06. The van der Waals surface area contributed by atoms with Crippen molar-refractivity contribution < 1.29 is 5.11 Å². The molecule has 16 heavy (non-hydrogen) atoms. The molecule has 0 bridgehead atoms. The van der Waals surface area contributed by atoms with Gasteiger partial charge in [0.25, 0.3) is 0 Å². The highest BCUT2D eigenvalue weighted by molar-refractivity contribution is 6.30. The first-order valence-electron chi connectivity index (χ1n) is 5.68. The fraction of sp³-hybridized carbons (Fsp3) is 0.538. The van der Waals surface area contributed by atoms with Crippen LogP contribution in [0.2, 0.25) is 5.02 Å². The minimum atomic E-state index is -0.390. The van der Waals surface area contributed by atoms with Crippen LogP contribution in [0.3, 0.4) is 0 Å². The molecule has 0 aliphatic carbocycles. The van der Waals surface area contributed by atoms with Gasteiger partial charge in [-0.15, -0.1) is 0 Å². The zero-order chi connectivity index (χ0) is 12.2. The van der Waals surface area contributed by atoms with Crippen LogP contribution in [0.1, 0.15) is 32.8 Å². The van der Waals surface area contributed by atoms with E-state index in [1.54, 1.807) is 0 Å². The molecule has 0 spiro atoms. The number of nitrogens with one attached hydrogen (secondary N) is 1. The maximum atomic E-state index is 9.66. The van der Waals surface area contributed by atoms with E-state index in [1.807, 2.05) is 24.3 Å². The minimum Gasteiger partial charge on any atom is -0.394 e. The molecule has 0 radical (unpaired) electrons. The molecule has 1 aromatic carbocycles. The number of hydrogen-bond acceptors (Lipinski definition) is 2. The van der Waals surface area contributed by atoms with E-state index >= 15 is 0 Å². The molecule has 2 N–H and O–H groups in total. The lowest BCUT2D eigenvalue weighted by Gasteiger charge is -2.35. The summed E-state index contributed by atoms with van der Waals surface area (Å²) in [5.41, 5.74) is 0.651. The summed E-state index contributed by atoms with van der Waals surface area (Å²) in [6, 6.07) is 7.99. The van der Waals surface area contributed by atoms with Crippen molar-refractivity contribution in [2.24, 2.45) is 0 Å². The van der Waals surface area contributed by atoms with Crippen LogP contribution in [0.5, 0.6) is 0 Å². The van der Waals surface area contributed by atoms with Crippen LogP contribution in [-0.4, -0.2) is 17.8 Å².